The van der Waals surface area contributed by atoms with Crippen molar-refractivity contribution < 1.29 is 26.8 Å². The molecule has 3 fully saturated rings. The third-order valence-corrected chi connectivity index (χ3v) is 9.79. The monoisotopic (exact) mass is 531 g/mol. The van der Waals surface area contributed by atoms with Crippen molar-refractivity contribution in [1.29, 1.82) is 5.26 Å². The summed E-state index contributed by atoms with van der Waals surface area (Å²) < 4.78 is 56.6. The van der Waals surface area contributed by atoms with Gasteiger partial charge in [-0.3, -0.25) is 14.3 Å². The van der Waals surface area contributed by atoms with Crippen LogP contribution in [0, 0.1) is 23.2 Å². The zero-order valence-corrected chi connectivity index (χ0v) is 21.0. The number of rotatable bonds is 6. The maximum atomic E-state index is 13.8. The topological polar surface area (TPSA) is 125 Å². The number of hydrogen-bond donors (Lipinski definition) is 1. The molecule has 3 atom stereocenters. The van der Waals surface area contributed by atoms with E-state index in [1.165, 1.54) is 12.1 Å². The van der Waals surface area contributed by atoms with Crippen LogP contribution in [0.25, 0.3) is 11.1 Å². The maximum Gasteiger partial charge on any atom is 0.267 e. The highest BCUT2D eigenvalue weighted by atomic mass is 32.2. The number of aromatic nitrogens is 2. The number of carbonyl (C=O) groups is 2. The van der Waals surface area contributed by atoms with E-state index in [-0.39, 0.29) is 24.3 Å². The van der Waals surface area contributed by atoms with Gasteiger partial charge in [0.15, 0.2) is 9.84 Å². The van der Waals surface area contributed by atoms with E-state index in [0.717, 1.165) is 10.5 Å². The molecule has 2 heterocycles. The molecule has 3 aliphatic rings. The molecule has 196 valence electrons. The van der Waals surface area contributed by atoms with Gasteiger partial charge in [0.1, 0.15) is 5.54 Å². The summed E-state index contributed by atoms with van der Waals surface area (Å²) in [4.78, 5) is 27.6. The van der Waals surface area contributed by atoms with Crippen LogP contribution < -0.4 is 5.32 Å². The van der Waals surface area contributed by atoms with E-state index >= 15 is 0 Å². The smallest absolute Gasteiger partial charge is 0.267 e. The number of carbonyl (C=O) groups excluding carboxylic acids is 2. The van der Waals surface area contributed by atoms with Crippen LogP contribution in [0.5, 0.6) is 0 Å². The van der Waals surface area contributed by atoms with Gasteiger partial charge in [0.05, 0.1) is 40.8 Å². The first-order valence-corrected chi connectivity index (χ1v) is 13.7. The van der Waals surface area contributed by atoms with Crippen molar-refractivity contribution in [2.75, 3.05) is 13.1 Å². The lowest BCUT2D eigenvalue weighted by molar-refractivity contribution is -0.141. The van der Waals surface area contributed by atoms with Gasteiger partial charge in [0, 0.05) is 31.8 Å². The predicted molar refractivity (Wildman–Crippen MR) is 128 cm³/mol. The number of amides is 2. The molecule has 5 rings (SSSR count). The summed E-state index contributed by atoms with van der Waals surface area (Å²) in [7, 11) is -2.22. The SMILES string of the molecule is Cn1cc(-c2cccc(S(=O)(=O)C3CC(C(=O)NC4(C#N)CC4)C(C(=O)N4CCC(F)(F)C4)C3)c2)cn1. The number of nitrogens with zero attached hydrogens (tertiary/aromatic N) is 4. The van der Waals surface area contributed by atoms with Crippen LogP contribution in [0.15, 0.2) is 41.6 Å². The van der Waals surface area contributed by atoms with E-state index in [0.29, 0.717) is 18.4 Å². The Bertz CT molecular complexity index is 1400. The van der Waals surface area contributed by atoms with E-state index in [1.54, 1.807) is 36.3 Å². The molecule has 0 spiro atoms. The van der Waals surface area contributed by atoms with Gasteiger partial charge >= 0.3 is 0 Å². The molecule has 1 N–H and O–H groups in total. The Balaban J connectivity index is 1.43. The average Bonchev–Trinajstić information content (AvgIpc) is 3.18. The van der Waals surface area contributed by atoms with E-state index in [4.69, 9.17) is 0 Å². The van der Waals surface area contributed by atoms with Gasteiger partial charge in [-0.05, 0) is 43.4 Å². The second-order valence-electron chi connectivity index (χ2n) is 10.3. The minimum absolute atomic E-state index is 0.0505. The standard InChI is InChI=1S/C25H27F2N5O4S/c1-31-13-17(12-29-31)16-3-2-4-18(9-16)37(35,36)19-10-20(22(33)30-24(14-28)5-6-24)21(11-19)23(34)32-8-7-25(26,27)15-32/h2-4,9,12-13,19-21H,5-8,10-11,15H2,1H3,(H,30,33). The first-order chi connectivity index (χ1) is 17.4. The molecule has 2 aliphatic carbocycles. The third-order valence-electron chi connectivity index (χ3n) is 7.62. The minimum atomic E-state index is -3.97. The number of likely N-dealkylation sites (tertiary alicyclic amines) is 1. The van der Waals surface area contributed by atoms with Crippen molar-refractivity contribution >= 4 is 21.7 Å². The number of benzene rings is 1. The number of alkyl halides is 2. The summed E-state index contributed by atoms with van der Waals surface area (Å²) in [5.41, 5.74) is 0.385. The summed E-state index contributed by atoms with van der Waals surface area (Å²) in [5, 5.41) is 15.1. The molecule has 2 amide bonds. The van der Waals surface area contributed by atoms with E-state index in [1.807, 2.05) is 0 Å². The fourth-order valence-corrected chi connectivity index (χ4v) is 7.17. The molecule has 0 radical (unpaired) electrons. The minimum Gasteiger partial charge on any atom is -0.338 e. The lowest BCUT2D eigenvalue weighted by atomic mass is 9.93. The van der Waals surface area contributed by atoms with Crippen LogP contribution in [0.1, 0.15) is 32.1 Å². The predicted octanol–water partition coefficient (Wildman–Crippen LogP) is 2.30. The zero-order chi connectivity index (χ0) is 26.6. The first-order valence-electron chi connectivity index (χ1n) is 12.2. The Morgan fingerprint density at radius 1 is 1.16 bits per heavy atom. The summed E-state index contributed by atoms with van der Waals surface area (Å²) >= 11 is 0. The molecule has 37 heavy (non-hydrogen) atoms. The summed E-state index contributed by atoms with van der Waals surface area (Å²) in [6, 6.07) is 8.44. The molecule has 3 unspecified atom stereocenters. The van der Waals surface area contributed by atoms with E-state index in [2.05, 4.69) is 16.5 Å². The highest BCUT2D eigenvalue weighted by Gasteiger charge is 2.53. The Hall–Kier alpha value is -3.33. The normalized spacial score (nSPS) is 26.0. The zero-order valence-electron chi connectivity index (χ0n) is 20.2. The molecule has 2 aromatic rings. The maximum absolute atomic E-state index is 13.8. The van der Waals surface area contributed by atoms with Crippen LogP contribution in [-0.2, 0) is 26.5 Å². The fraction of sp³-hybridized carbons (Fsp3) is 0.520. The van der Waals surface area contributed by atoms with Gasteiger partial charge in [-0.1, -0.05) is 12.1 Å². The lowest BCUT2D eigenvalue weighted by Gasteiger charge is -2.24. The number of aryl methyl sites for hydroxylation is 1. The number of halogens is 2. The highest BCUT2D eigenvalue weighted by molar-refractivity contribution is 7.92. The van der Waals surface area contributed by atoms with Crippen LogP contribution in [0.4, 0.5) is 8.78 Å². The van der Waals surface area contributed by atoms with Crippen molar-refractivity contribution in [2.24, 2.45) is 18.9 Å². The number of sulfone groups is 1. The van der Waals surface area contributed by atoms with E-state index < -0.39 is 63.2 Å². The molecule has 12 heteroatoms. The van der Waals surface area contributed by atoms with Crippen LogP contribution >= 0.6 is 0 Å². The molecular formula is C25H27F2N5O4S. The number of nitrogens with one attached hydrogen (secondary N) is 1. The van der Waals surface area contributed by atoms with E-state index in [9.17, 15) is 32.0 Å². The molecule has 1 aliphatic heterocycles. The van der Waals surface area contributed by atoms with Crippen molar-refractivity contribution in [1.82, 2.24) is 20.0 Å². The van der Waals surface area contributed by atoms with Gasteiger partial charge in [-0.15, -0.1) is 0 Å². The number of hydrogen-bond acceptors (Lipinski definition) is 6. The Kier molecular flexibility index (Phi) is 6.09. The second-order valence-corrected chi connectivity index (χ2v) is 12.6. The second kappa shape index (κ2) is 8.90. The van der Waals surface area contributed by atoms with Gasteiger partial charge in [-0.25, -0.2) is 17.2 Å². The lowest BCUT2D eigenvalue weighted by Crippen LogP contribution is -2.45. The quantitative estimate of drug-likeness (QED) is 0.610. The Morgan fingerprint density at radius 3 is 2.49 bits per heavy atom. The fourth-order valence-electron chi connectivity index (χ4n) is 5.30. The highest BCUT2D eigenvalue weighted by Crippen LogP contribution is 2.43. The first kappa shape index (κ1) is 25.3. The Labute approximate surface area is 213 Å². The average molecular weight is 532 g/mol. The Morgan fingerprint density at radius 2 is 1.89 bits per heavy atom. The summed E-state index contributed by atoms with van der Waals surface area (Å²) in [6.45, 7) is -0.896. The van der Waals surface area contributed by atoms with Crippen molar-refractivity contribution in [2.45, 2.75) is 53.7 Å². The molecule has 1 aromatic carbocycles. The molecule has 1 aromatic heterocycles. The molecule has 9 nitrogen and oxygen atoms in total. The molecule has 0 bridgehead atoms. The van der Waals surface area contributed by atoms with Crippen LogP contribution in [0.2, 0.25) is 0 Å². The van der Waals surface area contributed by atoms with Gasteiger partial charge < -0.3 is 10.2 Å². The van der Waals surface area contributed by atoms with Gasteiger partial charge in [0.2, 0.25) is 11.8 Å². The summed E-state index contributed by atoms with van der Waals surface area (Å²) in [6.07, 6.45) is 3.56. The van der Waals surface area contributed by atoms with Gasteiger partial charge in [-0.2, -0.15) is 10.4 Å². The third kappa shape index (κ3) is 4.84. The van der Waals surface area contributed by atoms with Crippen molar-refractivity contribution in [3.8, 4) is 17.2 Å². The number of nitriles is 1. The van der Waals surface area contributed by atoms with Crippen molar-refractivity contribution in [3.63, 3.8) is 0 Å². The van der Waals surface area contributed by atoms with Crippen LogP contribution in [-0.4, -0.2) is 64.7 Å². The molecular weight excluding hydrogens is 504 g/mol. The summed E-state index contributed by atoms with van der Waals surface area (Å²) in [5.74, 6) is -6.33. The molecule has 1 saturated heterocycles. The van der Waals surface area contributed by atoms with Gasteiger partial charge in [0.25, 0.3) is 5.92 Å². The molecule has 2 saturated carbocycles. The van der Waals surface area contributed by atoms with Crippen molar-refractivity contribution in [3.05, 3.63) is 36.7 Å². The largest absolute Gasteiger partial charge is 0.338 e. The van der Waals surface area contributed by atoms with Crippen LogP contribution in [0.3, 0.4) is 0 Å².